The highest BCUT2D eigenvalue weighted by atomic mass is 16.5. The summed E-state index contributed by atoms with van der Waals surface area (Å²) >= 11 is 0. The minimum Gasteiger partial charge on any atom is -0.464 e. The predicted octanol–water partition coefficient (Wildman–Crippen LogP) is 12.5. The zero-order valence-electron chi connectivity index (χ0n) is 26.5. The van der Waals surface area contributed by atoms with Crippen molar-refractivity contribution in [3.63, 3.8) is 0 Å². The second-order valence-electron chi connectivity index (χ2n) is 12.5. The third kappa shape index (κ3) is 4.45. The van der Waals surface area contributed by atoms with E-state index in [0.717, 1.165) is 66.8 Å². The first-order valence-electron chi connectivity index (χ1n) is 16.6. The Morgan fingerprint density at radius 2 is 1.10 bits per heavy atom. The van der Waals surface area contributed by atoms with E-state index >= 15 is 0 Å². The fourth-order valence-corrected chi connectivity index (χ4v) is 7.41. The summed E-state index contributed by atoms with van der Waals surface area (Å²) in [6.45, 7) is 0. The molecular weight excluding hydrogens is 601 g/mol. The number of furan rings is 1. The molecule has 0 amide bonds. The molecule has 0 bridgehead atoms. The Labute approximate surface area is 283 Å². The molecule has 4 heteroatoms. The topological polar surface area (TPSA) is 37.6 Å². The van der Waals surface area contributed by atoms with E-state index in [2.05, 4.69) is 162 Å². The van der Waals surface area contributed by atoms with Crippen LogP contribution in [0.25, 0.3) is 54.6 Å². The van der Waals surface area contributed by atoms with Gasteiger partial charge in [0.1, 0.15) is 11.2 Å². The summed E-state index contributed by atoms with van der Waals surface area (Å²) in [4.78, 5) is 2.35. The number of hydrogen-bond acceptors (Lipinski definition) is 4. The molecule has 49 heavy (non-hydrogen) atoms. The number of para-hydroxylation sites is 1. The van der Waals surface area contributed by atoms with Crippen molar-refractivity contribution >= 4 is 66.2 Å². The van der Waals surface area contributed by atoms with Crippen molar-refractivity contribution < 1.29 is 9.15 Å². The summed E-state index contributed by atoms with van der Waals surface area (Å²) in [5.74, 6) is 0.885. The van der Waals surface area contributed by atoms with E-state index in [1.165, 1.54) is 21.9 Å². The first-order chi connectivity index (χ1) is 24.3. The van der Waals surface area contributed by atoms with Gasteiger partial charge in [-0.2, -0.15) is 0 Å². The summed E-state index contributed by atoms with van der Waals surface area (Å²) in [6, 6.07) is 59.6. The van der Waals surface area contributed by atoms with Gasteiger partial charge in [-0.25, -0.2) is 0 Å². The number of rotatable bonds is 5. The van der Waals surface area contributed by atoms with Crippen molar-refractivity contribution in [3.8, 4) is 16.9 Å². The van der Waals surface area contributed by atoms with Crippen LogP contribution < -0.4 is 15.0 Å². The molecule has 0 saturated carbocycles. The minimum absolute atomic E-state index is 0.276. The molecule has 0 saturated heterocycles. The normalized spacial score (nSPS) is 13.8. The molecule has 10 rings (SSSR count). The zero-order chi connectivity index (χ0) is 32.3. The van der Waals surface area contributed by atoms with Crippen LogP contribution in [0, 0.1) is 0 Å². The van der Waals surface area contributed by atoms with Gasteiger partial charge in [-0.05, 0) is 64.4 Å². The van der Waals surface area contributed by atoms with E-state index in [1.54, 1.807) is 0 Å². The minimum atomic E-state index is -0.276. The number of ether oxygens (including phenoxy) is 1. The van der Waals surface area contributed by atoms with E-state index in [9.17, 15) is 0 Å². The monoisotopic (exact) mass is 630 g/mol. The first-order valence-corrected chi connectivity index (χ1v) is 16.6. The van der Waals surface area contributed by atoms with Crippen molar-refractivity contribution in [2.75, 3.05) is 10.2 Å². The van der Waals surface area contributed by atoms with Gasteiger partial charge in [0.25, 0.3) is 0 Å². The Bertz CT molecular complexity index is 2660. The standard InChI is InChI=1S/C45H30N2O2/c1-3-12-29(13-4-1)30-22-24-32(25-23-30)47(39-19-11-21-41-42(39)37-18-9-10-20-40(37)48-41)33-26-27-35-34-16-7-8-17-36(34)44-43(38(35)28-33)46-45(49-44)31-14-5-2-6-15-31/h1-28,45-46H. The van der Waals surface area contributed by atoms with Crippen LogP contribution in [0.3, 0.4) is 0 Å². The van der Waals surface area contributed by atoms with Gasteiger partial charge in [0.05, 0.1) is 16.8 Å². The summed E-state index contributed by atoms with van der Waals surface area (Å²) < 4.78 is 13.1. The quantitative estimate of drug-likeness (QED) is 0.192. The van der Waals surface area contributed by atoms with Gasteiger partial charge in [-0.15, -0.1) is 0 Å². The maximum Gasteiger partial charge on any atom is 0.196 e. The Balaban J connectivity index is 1.21. The number of hydrogen-bond donors (Lipinski definition) is 1. The number of nitrogens with zero attached hydrogens (tertiary/aromatic N) is 1. The second-order valence-corrected chi connectivity index (χ2v) is 12.5. The molecule has 9 aromatic rings. The van der Waals surface area contributed by atoms with Crippen LogP contribution in [0.15, 0.2) is 174 Å². The molecule has 0 fully saturated rings. The van der Waals surface area contributed by atoms with E-state index in [-0.39, 0.29) is 6.23 Å². The molecule has 1 aliphatic rings. The molecule has 1 aliphatic heterocycles. The molecule has 1 aromatic heterocycles. The number of anilines is 4. The third-order valence-electron chi connectivity index (χ3n) is 9.69. The van der Waals surface area contributed by atoms with E-state index < -0.39 is 0 Å². The lowest BCUT2D eigenvalue weighted by Gasteiger charge is -2.27. The smallest absolute Gasteiger partial charge is 0.196 e. The molecule has 1 atom stereocenters. The van der Waals surface area contributed by atoms with E-state index in [1.807, 2.05) is 18.2 Å². The Kier molecular flexibility index (Phi) is 6.21. The van der Waals surface area contributed by atoms with Crippen LogP contribution in [0.4, 0.5) is 22.7 Å². The van der Waals surface area contributed by atoms with Gasteiger partial charge < -0.3 is 19.4 Å². The highest BCUT2D eigenvalue weighted by Gasteiger charge is 2.29. The number of nitrogens with one attached hydrogen (secondary N) is 1. The van der Waals surface area contributed by atoms with Gasteiger partial charge >= 0.3 is 0 Å². The molecule has 4 nitrogen and oxygen atoms in total. The second kappa shape index (κ2) is 11.0. The molecule has 1 N–H and O–H groups in total. The van der Waals surface area contributed by atoms with Gasteiger partial charge in [0.2, 0.25) is 0 Å². The molecule has 0 radical (unpaired) electrons. The number of benzene rings is 8. The van der Waals surface area contributed by atoms with Crippen LogP contribution in [0.1, 0.15) is 11.8 Å². The summed E-state index contributed by atoms with van der Waals surface area (Å²) in [7, 11) is 0. The first kappa shape index (κ1) is 27.6. The van der Waals surface area contributed by atoms with Crippen LogP contribution in [0.2, 0.25) is 0 Å². The summed E-state index contributed by atoms with van der Waals surface area (Å²) in [5.41, 5.74) is 9.35. The van der Waals surface area contributed by atoms with E-state index in [0.29, 0.717) is 0 Å². The predicted molar refractivity (Wildman–Crippen MR) is 202 cm³/mol. The average Bonchev–Trinajstić information content (AvgIpc) is 3.80. The lowest BCUT2D eigenvalue weighted by molar-refractivity contribution is 0.262. The molecule has 232 valence electrons. The van der Waals surface area contributed by atoms with Crippen molar-refractivity contribution in [1.29, 1.82) is 0 Å². The van der Waals surface area contributed by atoms with Crippen LogP contribution in [0.5, 0.6) is 5.75 Å². The lowest BCUT2D eigenvalue weighted by atomic mass is 9.98. The molecule has 0 spiro atoms. The summed E-state index contributed by atoms with van der Waals surface area (Å²) in [5, 5.41) is 10.5. The molecule has 2 heterocycles. The zero-order valence-corrected chi connectivity index (χ0v) is 26.5. The van der Waals surface area contributed by atoms with Gasteiger partial charge in [0, 0.05) is 33.1 Å². The molecular formula is C45H30N2O2. The average molecular weight is 631 g/mol. The lowest BCUT2D eigenvalue weighted by Crippen LogP contribution is -2.11. The Morgan fingerprint density at radius 1 is 0.469 bits per heavy atom. The third-order valence-corrected chi connectivity index (χ3v) is 9.69. The Hall–Kier alpha value is -6.52. The van der Waals surface area contributed by atoms with Crippen molar-refractivity contribution in [2.24, 2.45) is 0 Å². The van der Waals surface area contributed by atoms with Gasteiger partial charge in [-0.1, -0.05) is 127 Å². The van der Waals surface area contributed by atoms with Crippen LogP contribution >= 0.6 is 0 Å². The van der Waals surface area contributed by atoms with Crippen molar-refractivity contribution in [2.45, 2.75) is 6.23 Å². The molecule has 1 unspecified atom stereocenters. The fourth-order valence-electron chi connectivity index (χ4n) is 7.41. The molecule has 0 aliphatic carbocycles. The van der Waals surface area contributed by atoms with Crippen molar-refractivity contribution in [3.05, 3.63) is 175 Å². The number of fused-ring (bicyclic) bond motifs is 9. The van der Waals surface area contributed by atoms with Gasteiger partial charge in [0.15, 0.2) is 12.0 Å². The van der Waals surface area contributed by atoms with E-state index in [4.69, 9.17) is 9.15 Å². The van der Waals surface area contributed by atoms with Gasteiger partial charge in [-0.3, -0.25) is 0 Å². The van der Waals surface area contributed by atoms with Crippen molar-refractivity contribution in [1.82, 2.24) is 0 Å². The van der Waals surface area contributed by atoms with Crippen LogP contribution in [-0.2, 0) is 0 Å². The van der Waals surface area contributed by atoms with Crippen LogP contribution in [-0.4, -0.2) is 0 Å². The molecule has 8 aromatic carbocycles. The maximum atomic E-state index is 6.70. The fraction of sp³-hybridized carbons (Fsp3) is 0.0222. The maximum absolute atomic E-state index is 6.70. The highest BCUT2D eigenvalue weighted by molar-refractivity contribution is 6.19. The summed E-state index contributed by atoms with van der Waals surface area (Å²) in [6.07, 6.45) is -0.276. The Morgan fingerprint density at radius 3 is 1.92 bits per heavy atom. The SMILES string of the molecule is c1ccc(-c2ccc(N(c3ccc4c(c3)c3c(c5ccccc54)OC(c4ccccc4)N3)c3cccc4oc5ccccc5c34)cc2)cc1. The highest BCUT2D eigenvalue weighted by Crippen LogP contribution is 2.51. The largest absolute Gasteiger partial charge is 0.464 e.